The zero-order chi connectivity index (χ0) is 22.9. The van der Waals surface area contributed by atoms with E-state index in [4.69, 9.17) is 0 Å². The highest BCUT2D eigenvalue weighted by Crippen LogP contribution is 2.32. The number of aromatic nitrogens is 1. The van der Waals surface area contributed by atoms with Crippen molar-refractivity contribution in [3.05, 3.63) is 71.3 Å². The summed E-state index contributed by atoms with van der Waals surface area (Å²) in [5.74, 6) is 0.798. The van der Waals surface area contributed by atoms with Gasteiger partial charge in [0.1, 0.15) is 12.4 Å². The summed E-state index contributed by atoms with van der Waals surface area (Å²) in [5, 5.41) is 11.3. The van der Waals surface area contributed by atoms with E-state index < -0.39 is 5.54 Å². The highest BCUT2D eigenvalue weighted by Gasteiger charge is 2.29. The molecule has 6 heteroatoms. The van der Waals surface area contributed by atoms with Crippen LogP contribution in [0.2, 0.25) is 0 Å². The van der Waals surface area contributed by atoms with Gasteiger partial charge in [-0.05, 0) is 79.5 Å². The molecule has 0 bridgehead atoms. The van der Waals surface area contributed by atoms with Crippen LogP contribution in [0.3, 0.4) is 0 Å². The number of fused-ring (bicyclic) bond motifs is 1. The van der Waals surface area contributed by atoms with Crippen LogP contribution in [0, 0.1) is 17.7 Å². The van der Waals surface area contributed by atoms with Crippen molar-refractivity contribution in [3.63, 3.8) is 0 Å². The van der Waals surface area contributed by atoms with E-state index in [-0.39, 0.29) is 18.4 Å². The third-order valence-corrected chi connectivity index (χ3v) is 5.77. The topological polar surface area (TPSA) is 83.5 Å². The lowest BCUT2D eigenvalue weighted by Gasteiger charge is -2.26. The summed E-state index contributed by atoms with van der Waals surface area (Å²) < 4.78 is 0. The second-order valence-corrected chi connectivity index (χ2v) is 9.20. The molecule has 0 aliphatic heterocycles. The highest BCUT2D eigenvalue weighted by molar-refractivity contribution is 5.96. The van der Waals surface area contributed by atoms with Crippen LogP contribution in [-0.2, 0) is 4.79 Å². The minimum absolute atomic E-state index is 0.0573. The van der Waals surface area contributed by atoms with Gasteiger partial charge in [-0.25, -0.2) is 4.98 Å². The summed E-state index contributed by atoms with van der Waals surface area (Å²) in [6.07, 6.45) is 3.74. The lowest BCUT2D eigenvalue weighted by Crippen LogP contribution is -2.40. The summed E-state index contributed by atoms with van der Waals surface area (Å²) in [7, 11) is 0. The quantitative estimate of drug-likeness (QED) is 0.453. The predicted molar refractivity (Wildman–Crippen MR) is 130 cm³/mol. The van der Waals surface area contributed by atoms with Crippen molar-refractivity contribution in [1.82, 2.24) is 10.3 Å². The number of nitrogens with zero attached hydrogens (tertiary/aromatic N) is 2. The number of nitroso groups, excluding NO2 is 1. The predicted octanol–water partition coefficient (Wildman–Crippen LogP) is 5.66. The van der Waals surface area contributed by atoms with Crippen molar-refractivity contribution >= 4 is 28.2 Å². The Hall–Kier alpha value is -3.54. The number of hydrogen-bond acceptors (Lipinski definition) is 5. The first kappa shape index (κ1) is 21.7. The van der Waals surface area contributed by atoms with Gasteiger partial charge in [-0.1, -0.05) is 36.0 Å². The van der Waals surface area contributed by atoms with Crippen LogP contribution in [0.25, 0.3) is 27.6 Å². The molecular weight excluding hydrogens is 400 g/mol. The van der Waals surface area contributed by atoms with E-state index in [2.05, 4.69) is 64.6 Å². The number of benzene rings is 2. The fourth-order valence-corrected chi connectivity index (χ4v) is 3.75. The standard InChI is InChI=1S/C26H28N4O2/c1-16-5-6-19(17(2)30-26(3,4)15-28-32)12-23(16)21-10-9-20-13-24(27-14-22(20)11-21)29-25(31)18-7-8-18/h5-6,9-14,18,30H,2,7-8,15H2,1,3-4H3,(H,27,29,31). The number of aryl methyl sites for hydroxylation is 1. The third-order valence-electron chi connectivity index (χ3n) is 5.77. The molecule has 1 aliphatic rings. The maximum absolute atomic E-state index is 12.0. The van der Waals surface area contributed by atoms with E-state index in [9.17, 15) is 9.70 Å². The Labute approximate surface area is 188 Å². The van der Waals surface area contributed by atoms with E-state index in [0.29, 0.717) is 5.82 Å². The molecule has 1 amide bonds. The fraction of sp³-hybridized carbons (Fsp3) is 0.308. The summed E-state index contributed by atoms with van der Waals surface area (Å²) in [6, 6.07) is 14.4. The van der Waals surface area contributed by atoms with Gasteiger partial charge >= 0.3 is 0 Å². The van der Waals surface area contributed by atoms with Crippen LogP contribution in [0.5, 0.6) is 0 Å². The number of pyridine rings is 1. The largest absolute Gasteiger partial charge is 0.378 e. The molecule has 0 spiro atoms. The average Bonchev–Trinajstić information content (AvgIpc) is 3.59. The molecule has 1 aliphatic carbocycles. The summed E-state index contributed by atoms with van der Waals surface area (Å²) in [4.78, 5) is 27.1. The van der Waals surface area contributed by atoms with Crippen molar-refractivity contribution in [3.8, 4) is 11.1 Å². The third kappa shape index (κ3) is 4.85. The maximum Gasteiger partial charge on any atom is 0.228 e. The molecule has 2 aromatic carbocycles. The van der Waals surface area contributed by atoms with Crippen molar-refractivity contribution in [1.29, 1.82) is 0 Å². The second-order valence-electron chi connectivity index (χ2n) is 9.20. The normalized spacial score (nSPS) is 13.6. The smallest absolute Gasteiger partial charge is 0.228 e. The van der Waals surface area contributed by atoms with Gasteiger partial charge in [0.25, 0.3) is 0 Å². The number of nitrogens with one attached hydrogen (secondary N) is 2. The van der Waals surface area contributed by atoms with Gasteiger partial charge in [-0.3, -0.25) is 4.79 Å². The maximum atomic E-state index is 12.0. The molecule has 164 valence electrons. The first-order valence-corrected chi connectivity index (χ1v) is 10.8. The van der Waals surface area contributed by atoms with Gasteiger partial charge in [0.2, 0.25) is 5.91 Å². The molecule has 4 rings (SSSR count). The number of amides is 1. The molecule has 0 radical (unpaired) electrons. The van der Waals surface area contributed by atoms with Crippen molar-refractivity contribution in [2.24, 2.45) is 11.1 Å². The van der Waals surface area contributed by atoms with Crippen LogP contribution in [0.15, 0.2) is 60.4 Å². The SMILES string of the molecule is C=C(NC(C)(C)CN=O)c1ccc(C)c(-c2ccc3cc(NC(=O)C4CC4)ncc3c2)c1. The minimum Gasteiger partial charge on any atom is -0.378 e. The molecule has 1 saturated carbocycles. The molecule has 3 aromatic rings. The molecule has 32 heavy (non-hydrogen) atoms. The Morgan fingerprint density at radius 2 is 1.94 bits per heavy atom. The molecule has 0 atom stereocenters. The van der Waals surface area contributed by atoms with E-state index in [1.807, 2.05) is 26.0 Å². The van der Waals surface area contributed by atoms with Gasteiger partial charge in [0.15, 0.2) is 0 Å². The van der Waals surface area contributed by atoms with Gasteiger partial charge in [-0.2, -0.15) is 4.91 Å². The van der Waals surface area contributed by atoms with Crippen LogP contribution in [0.4, 0.5) is 5.82 Å². The van der Waals surface area contributed by atoms with Gasteiger partial charge in [0.05, 0.1) is 5.54 Å². The average molecular weight is 429 g/mol. The van der Waals surface area contributed by atoms with Crippen LogP contribution >= 0.6 is 0 Å². The zero-order valence-corrected chi connectivity index (χ0v) is 18.7. The van der Waals surface area contributed by atoms with E-state index in [0.717, 1.165) is 51.6 Å². The van der Waals surface area contributed by atoms with Crippen LogP contribution in [-0.4, -0.2) is 23.0 Å². The lowest BCUT2D eigenvalue weighted by molar-refractivity contribution is -0.117. The molecule has 0 saturated heterocycles. The Balaban J connectivity index is 1.60. The molecule has 6 nitrogen and oxygen atoms in total. The molecule has 2 N–H and O–H groups in total. The zero-order valence-electron chi connectivity index (χ0n) is 18.7. The van der Waals surface area contributed by atoms with Gasteiger partial charge < -0.3 is 10.6 Å². The Morgan fingerprint density at radius 3 is 2.66 bits per heavy atom. The molecule has 1 fully saturated rings. The van der Waals surface area contributed by atoms with Crippen molar-refractivity contribution in [2.75, 3.05) is 11.9 Å². The number of hydrogen-bond donors (Lipinski definition) is 2. The summed E-state index contributed by atoms with van der Waals surface area (Å²) in [6.45, 7) is 10.2. The summed E-state index contributed by atoms with van der Waals surface area (Å²) >= 11 is 0. The van der Waals surface area contributed by atoms with Crippen molar-refractivity contribution in [2.45, 2.75) is 39.2 Å². The van der Waals surface area contributed by atoms with E-state index in [1.165, 1.54) is 0 Å². The Kier molecular flexibility index (Phi) is 5.78. The number of rotatable bonds is 8. The van der Waals surface area contributed by atoms with Crippen molar-refractivity contribution < 1.29 is 4.79 Å². The van der Waals surface area contributed by atoms with E-state index >= 15 is 0 Å². The minimum atomic E-state index is -0.467. The van der Waals surface area contributed by atoms with E-state index in [1.54, 1.807) is 6.20 Å². The first-order chi connectivity index (χ1) is 15.3. The molecule has 1 aromatic heterocycles. The molecule has 0 unspecified atom stereocenters. The summed E-state index contributed by atoms with van der Waals surface area (Å²) in [5.41, 5.74) is 4.57. The number of carbonyl (C=O) groups excluding carboxylic acids is 1. The van der Waals surface area contributed by atoms with Gasteiger partial charge in [-0.15, -0.1) is 0 Å². The molecular formula is C26H28N4O2. The Morgan fingerprint density at radius 1 is 1.16 bits per heavy atom. The first-order valence-electron chi connectivity index (χ1n) is 10.8. The lowest BCUT2D eigenvalue weighted by atomic mass is 9.95. The fourth-order valence-electron chi connectivity index (χ4n) is 3.75. The van der Waals surface area contributed by atoms with Crippen LogP contribution < -0.4 is 10.6 Å². The van der Waals surface area contributed by atoms with Gasteiger partial charge in [0, 0.05) is 23.2 Å². The Bertz CT molecular complexity index is 1210. The number of carbonyl (C=O) groups is 1. The monoisotopic (exact) mass is 428 g/mol. The second kappa shape index (κ2) is 8.54. The van der Waals surface area contributed by atoms with Crippen LogP contribution in [0.1, 0.15) is 37.8 Å². The number of anilines is 1. The highest BCUT2D eigenvalue weighted by atomic mass is 16.3. The molecule has 1 heterocycles.